The zero-order valence-electron chi connectivity index (χ0n) is 20.0. The van der Waals surface area contributed by atoms with Gasteiger partial charge in [0.05, 0.1) is 0 Å². The third-order valence-electron chi connectivity index (χ3n) is 5.82. The quantitative estimate of drug-likeness (QED) is 0.481. The molecule has 8 heteroatoms. The lowest BCUT2D eigenvalue weighted by atomic mass is 9.80. The molecule has 1 fully saturated rings. The molecule has 4 N–H and O–H groups in total. The van der Waals surface area contributed by atoms with Gasteiger partial charge in [-0.1, -0.05) is 12.1 Å². The molecule has 1 saturated carbocycles. The average molecular weight is 444 g/mol. The van der Waals surface area contributed by atoms with Crippen molar-refractivity contribution in [1.29, 1.82) is 5.41 Å². The Morgan fingerprint density at radius 1 is 1.31 bits per heavy atom. The van der Waals surface area contributed by atoms with E-state index in [0.717, 1.165) is 42.5 Å². The summed E-state index contributed by atoms with van der Waals surface area (Å²) in [5.74, 6) is 0.947. The van der Waals surface area contributed by atoms with Crippen molar-refractivity contribution in [3.05, 3.63) is 29.3 Å². The number of alkyl carbamates (subject to hydrolysis) is 1. The topological polar surface area (TPSA) is 108 Å². The van der Waals surface area contributed by atoms with Crippen molar-refractivity contribution in [3.8, 4) is 0 Å². The number of aliphatic imine (C=N–C) groups is 1. The monoisotopic (exact) mass is 443 g/mol. The molecular formula is C24H37N5O3. The van der Waals surface area contributed by atoms with Gasteiger partial charge in [0.15, 0.2) is 11.6 Å². The first kappa shape index (κ1) is 24.0. The van der Waals surface area contributed by atoms with E-state index in [1.807, 2.05) is 45.9 Å². The van der Waals surface area contributed by atoms with Crippen molar-refractivity contribution < 1.29 is 14.4 Å². The highest BCUT2D eigenvalue weighted by atomic mass is 16.7. The first-order valence-corrected chi connectivity index (χ1v) is 11.4. The molecule has 0 radical (unpaired) electrons. The molecule has 1 unspecified atom stereocenters. The van der Waals surface area contributed by atoms with E-state index in [9.17, 15) is 4.79 Å². The van der Waals surface area contributed by atoms with Crippen molar-refractivity contribution in [2.75, 3.05) is 5.32 Å². The number of nitrogens with zero attached hydrogens (tertiary/aromatic N) is 1. The molecule has 32 heavy (non-hydrogen) atoms. The predicted molar refractivity (Wildman–Crippen MR) is 127 cm³/mol. The molecule has 2 aliphatic rings. The summed E-state index contributed by atoms with van der Waals surface area (Å²) in [5.41, 5.74) is 4.53. The molecule has 0 bridgehead atoms. The minimum Gasteiger partial charge on any atom is -0.444 e. The van der Waals surface area contributed by atoms with Gasteiger partial charge >= 0.3 is 6.09 Å². The summed E-state index contributed by atoms with van der Waals surface area (Å²) in [6.45, 7) is 11.7. The lowest BCUT2D eigenvalue weighted by Crippen LogP contribution is -2.44. The first-order valence-electron chi connectivity index (χ1n) is 11.4. The maximum Gasteiger partial charge on any atom is 0.407 e. The van der Waals surface area contributed by atoms with Crippen molar-refractivity contribution in [2.45, 2.75) is 90.6 Å². The number of carbonyl (C=O) groups is 1. The zero-order chi connectivity index (χ0) is 23.5. The van der Waals surface area contributed by atoms with Crippen LogP contribution in [0.4, 0.5) is 10.5 Å². The summed E-state index contributed by atoms with van der Waals surface area (Å²) in [7, 11) is 0. The fourth-order valence-corrected chi connectivity index (χ4v) is 4.23. The minimum atomic E-state index is -0.655. The highest BCUT2D eigenvalue weighted by Gasteiger charge is 2.42. The van der Waals surface area contributed by atoms with E-state index in [1.54, 1.807) is 0 Å². The number of nitrogens with one attached hydrogen (secondary N) is 4. The molecule has 0 saturated heterocycles. The molecule has 1 heterocycles. The molecule has 1 aliphatic carbocycles. The Morgan fingerprint density at radius 2 is 2.00 bits per heavy atom. The summed E-state index contributed by atoms with van der Waals surface area (Å²) in [6.07, 6.45) is 4.53. The Labute approximate surface area is 191 Å². The largest absolute Gasteiger partial charge is 0.444 e. The predicted octanol–water partition coefficient (Wildman–Crippen LogP) is 4.59. The Morgan fingerprint density at radius 3 is 2.59 bits per heavy atom. The Hall–Kier alpha value is -2.61. The van der Waals surface area contributed by atoms with Crippen molar-refractivity contribution in [1.82, 2.24) is 10.8 Å². The van der Waals surface area contributed by atoms with Crippen LogP contribution in [-0.4, -0.2) is 41.6 Å². The van der Waals surface area contributed by atoms with Gasteiger partial charge in [0.1, 0.15) is 5.60 Å². The standard InChI is InChI=1S/C24H37N5O3/c1-15(2)26-20-13-16(7-8-17(20)14-25)21-28-24(6,32-29-21)18-9-11-19(12-10-18)27-22(30)31-23(3,4)5/h7-8,13-15,18-19,25-26H,9-12H2,1-6H3,(H,27,30)(H,28,29). The van der Waals surface area contributed by atoms with E-state index in [4.69, 9.17) is 20.0 Å². The number of amides is 1. The van der Waals surface area contributed by atoms with Gasteiger partial charge in [0, 0.05) is 41.0 Å². The molecule has 0 spiro atoms. The van der Waals surface area contributed by atoms with Crippen molar-refractivity contribution in [3.63, 3.8) is 0 Å². The molecule has 0 aromatic heterocycles. The second-order valence-electron chi connectivity index (χ2n) is 10.2. The zero-order valence-corrected chi connectivity index (χ0v) is 20.0. The number of ether oxygens (including phenoxy) is 1. The average Bonchev–Trinajstić information content (AvgIpc) is 3.10. The number of benzene rings is 1. The molecule has 8 nitrogen and oxygen atoms in total. The minimum absolute atomic E-state index is 0.112. The maximum atomic E-state index is 12.1. The fraction of sp³-hybridized carbons (Fsp3) is 0.625. The van der Waals surface area contributed by atoms with Crippen molar-refractivity contribution >= 4 is 23.8 Å². The number of carbonyl (C=O) groups excluding carboxylic acids is 1. The second kappa shape index (κ2) is 9.48. The summed E-state index contributed by atoms with van der Waals surface area (Å²) in [5, 5.41) is 14.0. The lowest BCUT2D eigenvalue weighted by Gasteiger charge is -2.35. The number of anilines is 1. The van der Waals surface area contributed by atoms with Crippen molar-refractivity contribution in [2.24, 2.45) is 10.9 Å². The maximum absolute atomic E-state index is 12.1. The number of hydroxylamine groups is 1. The van der Waals surface area contributed by atoms with E-state index in [2.05, 4.69) is 30.0 Å². The van der Waals surface area contributed by atoms with Crippen LogP contribution in [0.3, 0.4) is 0 Å². The highest BCUT2D eigenvalue weighted by molar-refractivity contribution is 6.01. The summed E-state index contributed by atoms with van der Waals surface area (Å²) in [4.78, 5) is 22.9. The van der Waals surface area contributed by atoms with Crippen LogP contribution in [0.2, 0.25) is 0 Å². The molecule has 1 amide bonds. The molecule has 176 valence electrons. The first-order chi connectivity index (χ1) is 15.0. The molecule has 1 aromatic rings. The van der Waals surface area contributed by atoms with Crippen LogP contribution in [0.25, 0.3) is 0 Å². The Balaban J connectivity index is 1.64. The van der Waals surface area contributed by atoms with Crippen LogP contribution in [-0.2, 0) is 9.57 Å². The van der Waals surface area contributed by atoms with Crippen LogP contribution in [0.1, 0.15) is 78.4 Å². The van der Waals surface area contributed by atoms with Gasteiger partial charge in [0.2, 0.25) is 0 Å². The number of hydrogen-bond donors (Lipinski definition) is 4. The van der Waals surface area contributed by atoms with Gasteiger partial charge in [-0.25, -0.2) is 20.1 Å². The van der Waals surface area contributed by atoms with Crippen LogP contribution >= 0.6 is 0 Å². The lowest BCUT2D eigenvalue weighted by molar-refractivity contribution is -0.0904. The second-order valence-corrected chi connectivity index (χ2v) is 10.2. The van der Waals surface area contributed by atoms with Crippen LogP contribution in [0.5, 0.6) is 0 Å². The molecule has 1 aliphatic heterocycles. The SMILES string of the molecule is CC(C)Nc1cc(C2=NC(C)(C3CCC(NC(=O)OC(C)(C)C)CC3)ON2)ccc1C=N. The number of amidine groups is 1. The fourth-order valence-electron chi connectivity index (χ4n) is 4.23. The van der Waals surface area contributed by atoms with E-state index >= 15 is 0 Å². The van der Waals surface area contributed by atoms with Crippen LogP contribution in [0, 0.1) is 11.3 Å². The third kappa shape index (κ3) is 6.00. The number of rotatable bonds is 6. The Bertz CT molecular complexity index is 869. The molecule has 1 atom stereocenters. The van der Waals surface area contributed by atoms with E-state index in [0.29, 0.717) is 5.84 Å². The molecular weight excluding hydrogens is 406 g/mol. The van der Waals surface area contributed by atoms with Gasteiger partial charge in [-0.15, -0.1) is 0 Å². The smallest absolute Gasteiger partial charge is 0.407 e. The van der Waals surface area contributed by atoms with Gasteiger partial charge in [-0.3, -0.25) is 0 Å². The summed E-state index contributed by atoms with van der Waals surface area (Å²) < 4.78 is 5.37. The van der Waals surface area contributed by atoms with Crippen LogP contribution in [0.15, 0.2) is 23.2 Å². The van der Waals surface area contributed by atoms with E-state index < -0.39 is 11.3 Å². The van der Waals surface area contributed by atoms with E-state index in [-0.39, 0.29) is 24.1 Å². The molecule has 3 rings (SSSR count). The molecule has 1 aromatic carbocycles. The summed E-state index contributed by atoms with van der Waals surface area (Å²) in [6, 6.07) is 6.24. The summed E-state index contributed by atoms with van der Waals surface area (Å²) >= 11 is 0. The van der Waals surface area contributed by atoms with E-state index in [1.165, 1.54) is 6.21 Å². The Kier molecular flexibility index (Phi) is 7.12. The van der Waals surface area contributed by atoms with Gasteiger partial charge < -0.3 is 20.8 Å². The highest BCUT2D eigenvalue weighted by Crippen LogP contribution is 2.38. The third-order valence-corrected chi connectivity index (χ3v) is 5.82. The van der Waals surface area contributed by atoms with Gasteiger partial charge in [-0.2, -0.15) is 0 Å². The normalized spacial score (nSPS) is 25.7. The van der Waals surface area contributed by atoms with Gasteiger partial charge in [-0.05, 0) is 73.3 Å². The van der Waals surface area contributed by atoms with Crippen LogP contribution < -0.4 is 16.1 Å². The number of hydrogen-bond acceptors (Lipinski definition) is 7. The van der Waals surface area contributed by atoms with Gasteiger partial charge in [0.25, 0.3) is 0 Å².